The van der Waals surface area contributed by atoms with Gasteiger partial charge in [-0.1, -0.05) is 70.4 Å². The summed E-state index contributed by atoms with van der Waals surface area (Å²) < 4.78 is 30.9. The van der Waals surface area contributed by atoms with Crippen molar-refractivity contribution in [2.75, 3.05) is 6.61 Å². The predicted molar refractivity (Wildman–Crippen MR) is 113 cm³/mol. The van der Waals surface area contributed by atoms with E-state index in [4.69, 9.17) is 0 Å². The molecule has 0 unspecified atom stereocenters. The zero-order valence-corrected chi connectivity index (χ0v) is 17.5. The predicted octanol–water partition coefficient (Wildman–Crippen LogP) is 5.20. The first-order valence-electron chi connectivity index (χ1n) is 10.3. The third kappa shape index (κ3) is 22.9. The molecular formula is C20H39KO5S. The Morgan fingerprint density at radius 3 is 1.78 bits per heavy atom. The summed E-state index contributed by atoms with van der Waals surface area (Å²) in [6.45, 7) is 3.73. The number of hydrogen-bond donors (Lipinski definition) is 0. The van der Waals surface area contributed by atoms with Crippen LogP contribution < -0.4 is 0 Å². The Kier molecular flexibility index (Phi) is 23.8. The van der Waals surface area contributed by atoms with E-state index in [0.29, 0.717) is 6.42 Å². The summed E-state index contributed by atoms with van der Waals surface area (Å²) >= 11 is 0. The molecule has 0 heterocycles. The van der Waals surface area contributed by atoms with Gasteiger partial charge in [0.1, 0.15) is 0 Å². The van der Waals surface area contributed by atoms with Gasteiger partial charge in [-0.25, -0.2) is 4.18 Å². The van der Waals surface area contributed by atoms with Crippen LogP contribution in [0.4, 0.5) is 0 Å². The second-order valence-electron chi connectivity index (χ2n) is 6.60. The van der Waals surface area contributed by atoms with Crippen molar-refractivity contribution in [2.24, 2.45) is 0 Å². The molecule has 0 fully saturated rings. The molecule has 0 aliphatic rings. The van der Waals surface area contributed by atoms with Gasteiger partial charge in [0.25, 0.3) is 0 Å². The maximum atomic E-state index is 11.4. The number of carbonyl (C=O) groups is 1. The Hall–Kier alpha value is 0.756. The van der Waals surface area contributed by atoms with Crippen molar-refractivity contribution in [2.45, 2.75) is 104 Å². The number of carbonyl (C=O) groups excluding carboxylic acids is 1. The van der Waals surface area contributed by atoms with Gasteiger partial charge in [0, 0.05) is 6.42 Å². The Balaban J connectivity index is 0. The summed E-state index contributed by atoms with van der Waals surface area (Å²) in [4.78, 5) is 11.4. The second-order valence-corrected chi connectivity index (χ2v) is 7.82. The van der Waals surface area contributed by atoms with E-state index in [0.717, 1.165) is 32.1 Å². The van der Waals surface area contributed by atoms with Gasteiger partial charge in [0.05, 0.1) is 6.61 Å². The van der Waals surface area contributed by atoms with E-state index in [2.05, 4.69) is 27.4 Å². The standard InChI is InChI=1S/C20H38O5S.K.H/c1-3-5-6-7-8-9-10-11-12-13-14-15-16-17-18-19-20(21)25-26(22,23)24-4-2;;/h11-12H,3-10,13-19H2,1-2H3;;/b12-11-;;. The van der Waals surface area contributed by atoms with Gasteiger partial charge in [-0.3, -0.25) is 4.79 Å². The molecule has 0 aromatic heterocycles. The molecule has 0 aromatic rings. The second kappa shape index (κ2) is 21.5. The van der Waals surface area contributed by atoms with Crippen molar-refractivity contribution < 1.29 is 21.6 Å². The number of unbranched alkanes of at least 4 members (excludes halogenated alkanes) is 11. The monoisotopic (exact) mass is 430 g/mol. The van der Waals surface area contributed by atoms with Gasteiger partial charge >= 0.3 is 67.8 Å². The van der Waals surface area contributed by atoms with Crippen molar-refractivity contribution in [1.82, 2.24) is 0 Å². The quantitative estimate of drug-likeness (QED) is 0.170. The topological polar surface area (TPSA) is 69.7 Å². The molecule has 0 atom stereocenters. The van der Waals surface area contributed by atoms with Gasteiger partial charge in [-0.05, 0) is 39.0 Å². The van der Waals surface area contributed by atoms with E-state index in [1.165, 1.54) is 51.9 Å². The van der Waals surface area contributed by atoms with Crippen molar-refractivity contribution in [3.05, 3.63) is 12.2 Å². The van der Waals surface area contributed by atoms with Crippen LogP contribution in [0.25, 0.3) is 0 Å². The molecule has 0 N–H and O–H groups in total. The first-order valence-corrected chi connectivity index (χ1v) is 11.6. The van der Waals surface area contributed by atoms with Crippen LogP contribution in [0, 0.1) is 0 Å². The van der Waals surface area contributed by atoms with Crippen molar-refractivity contribution in [3.63, 3.8) is 0 Å². The summed E-state index contributed by atoms with van der Waals surface area (Å²) in [6, 6.07) is 0. The molecule has 0 amide bonds. The fraction of sp³-hybridized carbons (Fsp3) is 0.850. The normalized spacial score (nSPS) is 11.5. The van der Waals surface area contributed by atoms with E-state index < -0.39 is 16.4 Å². The minimum atomic E-state index is -4.16. The molecule has 0 aliphatic carbocycles. The molecule has 0 saturated carbocycles. The SMILES string of the molecule is CCCCCCCC/C=C\CCCCCCCC(=O)OS(=O)(=O)OCC.[KH]. The average Bonchev–Trinajstić information content (AvgIpc) is 2.57. The molecular weight excluding hydrogens is 391 g/mol. The molecule has 0 radical (unpaired) electrons. The van der Waals surface area contributed by atoms with Gasteiger partial charge < -0.3 is 4.18 Å². The Bertz CT molecular complexity index is 463. The van der Waals surface area contributed by atoms with E-state index in [9.17, 15) is 13.2 Å². The van der Waals surface area contributed by atoms with Crippen LogP contribution in [0.2, 0.25) is 0 Å². The molecule has 7 heteroatoms. The maximum absolute atomic E-state index is 11.4. The van der Waals surface area contributed by atoms with Gasteiger partial charge in [0.15, 0.2) is 0 Å². The number of allylic oxidation sites excluding steroid dienone is 2. The molecule has 0 aromatic carbocycles. The molecule has 0 aliphatic heterocycles. The zero-order valence-electron chi connectivity index (χ0n) is 16.7. The third-order valence-electron chi connectivity index (χ3n) is 4.10. The molecule has 156 valence electrons. The van der Waals surface area contributed by atoms with Crippen LogP contribution in [-0.4, -0.2) is 72.4 Å². The Morgan fingerprint density at radius 1 is 0.778 bits per heavy atom. The van der Waals surface area contributed by atoms with Crippen molar-refractivity contribution in [1.29, 1.82) is 0 Å². The van der Waals surface area contributed by atoms with E-state index >= 15 is 0 Å². The zero-order chi connectivity index (χ0) is 19.5. The first kappa shape index (κ1) is 30.0. The first-order chi connectivity index (χ1) is 12.5. The molecule has 0 bridgehead atoms. The Morgan fingerprint density at radius 2 is 1.26 bits per heavy atom. The van der Waals surface area contributed by atoms with Gasteiger partial charge in [-0.15, -0.1) is 0 Å². The molecule has 5 nitrogen and oxygen atoms in total. The van der Waals surface area contributed by atoms with Crippen LogP contribution >= 0.6 is 0 Å². The minimum absolute atomic E-state index is 0. The fourth-order valence-electron chi connectivity index (χ4n) is 2.66. The molecule has 0 spiro atoms. The number of rotatable bonds is 18. The summed E-state index contributed by atoms with van der Waals surface area (Å²) in [5, 5.41) is 0. The molecule has 0 saturated heterocycles. The Labute approximate surface area is 209 Å². The average molecular weight is 431 g/mol. The number of hydrogen-bond acceptors (Lipinski definition) is 5. The van der Waals surface area contributed by atoms with Crippen LogP contribution in [0.1, 0.15) is 104 Å². The summed E-state index contributed by atoms with van der Waals surface area (Å²) in [6.07, 6.45) is 20.0. The van der Waals surface area contributed by atoms with Crippen LogP contribution in [0.15, 0.2) is 12.2 Å². The fourth-order valence-corrected chi connectivity index (χ4v) is 3.31. The van der Waals surface area contributed by atoms with Crippen LogP contribution in [0.5, 0.6) is 0 Å². The molecule has 27 heavy (non-hydrogen) atoms. The van der Waals surface area contributed by atoms with Gasteiger partial charge in [-0.2, -0.15) is 8.42 Å². The summed E-state index contributed by atoms with van der Waals surface area (Å²) in [5.41, 5.74) is 0. The summed E-state index contributed by atoms with van der Waals surface area (Å²) in [7, 11) is -4.16. The van der Waals surface area contributed by atoms with Gasteiger partial charge in [0.2, 0.25) is 0 Å². The van der Waals surface area contributed by atoms with E-state index in [1.807, 2.05) is 0 Å². The summed E-state index contributed by atoms with van der Waals surface area (Å²) in [5.74, 6) is -0.740. The third-order valence-corrected chi connectivity index (χ3v) is 5.01. The van der Waals surface area contributed by atoms with Crippen molar-refractivity contribution >= 4 is 67.8 Å². The molecule has 0 rings (SSSR count). The van der Waals surface area contributed by atoms with E-state index in [1.54, 1.807) is 0 Å². The van der Waals surface area contributed by atoms with Crippen LogP contribution in [-0.2, 0) is 23.6 Å². The van der Waals surface area contributed by atoms with E-state index in [-0.39, 0.29) is 64.4 Å². The van der Waals surface area contributed by atoms with Crippen molar-refractivity contribution in [3.8, 4) is 0 Å². The van der Waals surface area contributed by atoms with Crippen LogP contribution in [0.3, 0.4) is 0 Å².